The van der Waals surface area contributed by atoms with Crippen LogP contribution in [0.4, 0.5) is 11.4 Å². The molecule has 0 heterocycles. The highest BCUT2D eigenvalue weighted by molar-refractivity contribution is 5.85. The Bertz CT molecular complexity index is 520. The van der Waals surface area contributed by atoms with Gasteiger partial charge in [-0.25, -0.2) is 0 Å². The first-order valence-corrected chi connectivity index (χ1v) is 6.25. The highest BCUT2D eigenvalue weighted by Crippen LogP contribution is 2.22. The van der Waals surface area contributed by atoms with Crippen molar-refractivity contribution in [1.82, 2.24) is 10.6 Å². The fourth-order valence-electron chi connectivity index (χ4n) is 1.49. The Labute approximate surface area is 121 Å². The van der Waals surface area contributed by atoms with Crippen LogP contribution in [0, 0.1) is 10.1 Å². The number of amides is 2. The van der Waals surface area contributed by atoms with Crippen molar-refractivity contribution in [1.29, 1.82) is 0 Å². The molecule has 21 heavy (non-hydrogen) atoms. The lowest BCUT2D eigenvalue weighted by molar-refractivity contribution is -0.384. The van der Waals surface area contributed by atoms with Gasteiger partial charge in [-0.15, -0.1) is 0 Å². The van der Waals surface area contributed by atoms with Gasteiger partial charge in [0.25, 0.3) is 5.69 Å². The smallest absolute Gasteiger partial charge is 0.292 e. The number of nitrogens with zero attached hydrogens (tertiary/aromatic N) is 1. The number of hydrogen-bond acceptors (Lipinski definition) is 6. The number of rotatable bonds is 8. The van der Waals surface area contributed by atoms with Crippen LogP contribution >= 0.6 is 0 Å². The van der Waals surface area contributed by atoms with Crippen molar-refractivity contribution in [2.75, 3.05) is 31.5 Å². The molecule has 0 fully saturated rings. The van der Waals surface area contributed by atoms with E-state index in [1.807, 2.05) is 0 Å². The molecule has 0 saturated carbocycles. The maximum Gasteiger partial charge on any atom is 0.292 e. The molecule has 0 aliphatic heterocycles. The van der Waals surface area contributed by atoms with Gasteiger partial charge in [-0.1, -0.05) is 12.1 Å². The van der Waals surface area contributed by atoms with E-state index in [2.05, 4.69) is 16.0 Å². The predicted octanol–water partition coefficient (Wildman–Crippen LogP) is -0.802. The Kier molecular flexibility index (Phi) is 6.61. The minimum absolute atomic E-state index is 0.0287. The molecule has 0 radical (unpaired) electrons. The van der Waals surface area contributed by atoms with E-state index in [1.54, 1.807) is 18.2 Å². The number of carbonyl (C=O) groups is 2. The summed E-state index contributed by atoms with van der Waals surface area (Å²) in [6.07, 6.45) is 0. The number of nitro groups is 1. The first-order chi connectivity index (χ1) is 10.0. The number of anilines is 1. The van der Waals surface area contributed by atoms with Crippen LogP contribution in [-0.2, 0) is 9.59 Å². The van der Waals surface area contributed by atoms with Crippen LogP contribution in [0.5, 0.6) is 0 Å². The lowest BCUT2D eigenvalue weighted by Gasteiger charge is -2.08. The zero-order valence-electron chi connectivity index (χ0n) is 11.3. The molecule has 0 saturated heterocycles. The van der Waals surface area contributed by atoms with E-state index >= 15 is 0 Å². The van der Waals surface area contributed by atoms with Crippen molar-refractivity contribution in [2.24, 2.45) is 5.73 Å². The number of carbonyl (C=O) groups excluding carboxylic acids is 2. The molecule has 0 aliphatic carbocycles. The van der Waals surface area contributed by atoms with Gasteiger partial charge in [-0.2, -0.15) is 0 Å². The molecule has 0 bridgehead atoms. The van der Waals surface area contributed by atoms with Crippen molar-refractivity contribution in [3.8, 4) is 0 Å². The standard InChI is InChI=1S/C12H17N5O4/c13-7-11(18)16-8-12(19)15-6-5-14-9-3-1-2-4-10(9)17(20)21/h1-4,14H,5-8,13H2,(H,15,19)(H,16,18). The van der Waals surface area contributed by atoms with Gasteiger partial charge < -0.3 is 21.7 Å². The number of hydrogen-bond donors (Lipinski definition) is 4. The van der Waals surface area contributed by atoms with Gasteiger partial charge in [0.05, 0.1) is 18.0 Å². The van der Waals surface area contributed by atoms with Crippen molar-refractivity contribution < 1.29 is 14.5 Å². The molecule has 2 amide bonds. The average Bonchev–Trinajstić information content (AvgIpc) is 2.49. The highest BCUT2D eigenvalue weighted by atomic mass is 16.6. The fraction of sp³-hybridized carbons (Fsp3) is 0.333. The van der Waals surface area contributed by atoms with Gasteiger partial charge in [-0.05, 0) is 6.07 Å². The van der Waals surface area contributed by atoms with E-state index in [9.17, 15) is 19.7 Å². The van der Waals surface area contributed by atoms with Crippen LogP contribution < -0.4 is 21.7 Å². The zero-order chi connectivity index (χ0) is 15.7. The summed E-state index contributed by atoms with van der Waals surface area (Å²) in [5.74, 6) is -0.774. The molecular formula is C12H17N5O4. The molecule has 0 atom stereocenters. The van der Waals surface area contributed by atoms with Crippen molar-refractivity contribution in [3.05, 3.63) is 34.4 Å². The van der Waals surface area contributed by atoms with Crippen LogP contribution in [-0.4, -0.2) is 42.9 Å². The molecule has 0 aliphatic rings. The van der Waals surface area contributed by atoms with Gasteiger partial charge in [0.1, 0.15) is 5.69 Å². The van der Waals surface area contributed by atoms with Crippen molar-refractivity contribution in [3.63, 3.8) is 0 Å². The molecule has 0 spiro atoms. The Balaban J connectivity index is 2.30. The fourth-order valence-corrected chi connectivity index (χ4v) is 1.49. The minimum Gasteiger partial charge on any atom is -0.378 e. The molecule has 1 rings (SSSR count). The molecule has 9 nitrogen and oxygen atoms in total. The second-order valence-electron chi connectivity index (χ2n) is 4.03. The first kappa shape index (κ1) is 16.4. The summed E-state index contributed by atoms with van der Waals surface area (Å²) in [5.41, 5.74) is 5.43. The molecular weight excluding hydrogens is 278 g/mol. The van der Waals surface area contributed by atoms with Crippen LogP contribution in [0.15, 0.2) is 24.3 Å². The Morgan fingerprint density at radius 3 is 2.52 bits per heavy atom. The van der Waals surface area contributed by atoms with E-state index in [-0.39, 0.29) is 31.2 Å². The lowest BCUT2D eigenvalue weighted by atomic mass is 10.2. The van der Waals surface area contributed by atoms with Crippen molar-refractivity contribution >= 4 is 23.2 Å². The van der Waals surface area contributed by atoms with Gasteiger partial charge in [0.2, 0.25) is 11.8 Å². The van der Waals surface area contributed by atoms with E-state index in [1.165, 1.54) is 6.07 Å². The van der Waals surface area contributed by atoms with Crippen LogP contribution in [0.2, 0.25) is 0 Å². The van der Waals surface area contributed by atoms with E-state index in [4.69, 9.17) is 5.73 Å². The zero-order valence-corrected chi connectivity index (χ0v) is 11.3. The lowest BCUT2D eigenvalue weighted by Crippen LogP contribution is -2.40. The quantitative estimate of drug-likeness (QED) is 0.281. The highest BCUT2D eigenvalue weighted by Gasteiger charge is 2.11. The van der Waals surface area contributed by atoms with Crippen molar-refractivity contribution in [2.45, 2.75) is 0 Å². The third-order valence-electron chi connectivity index (χ3n) is 2.49. The molecule has 1 aromatic rings. The minimum atomic E-state index is -0.483. The Hall–Kier alpha value is -2.68. The average molecular weight is 295 g/mol. The molecule has 114 valence electrons. The Morgan fingerprint density at radius 2 is 1.86 bits per heavy atom. The molecule has 1 aromatic carbocycles. The maximum atomic E-state index is 11.3. The molecule has 9 heteroatoms. The SMILES string of the molecule is NCC(=O)NCC(=O)NCCNc1ccccc1[N+](=O)[O-]. The van der Waals surface area contributed by atoms with E-state index < -0.39 is 10.8 Å². The maximum absolute atomic E-state index is 11.3. The Morgan fingerprint density at radius 1 is 1.14 bits per heavy atom. The summed E-state index contributed by atoms with van der Waals surface area (Å²) in [5, 5.41) is 18.5. The largest absolute Gasteiger partial charge is 0.378 e. The van der Waals surface area contributed by atoms with E-state index in [0.29, 0.717) is 12.2 Å². The summed E-state index contributed by atoms with van der Waals surface area (Å²) in [6.45, 7) is 0.263. The molecule has 5 N–H and O–H groups in total. The third kappa shape index (κ3) is 5.87. The van der Waals surface area contributed by atoms with Crippen LogP contribution in [0.3, 0.4) is 0 Å². The van der Waals surface area contributed by atoms with Gasteiger partial charge in [0, 0.05) is 19.2 Å². The van der Waals surface area contributed by atoms with Gasteiger partial charge in [0.15, 0.2) is 0 Å². The van der Waals surface area contributed by atoms with Gasteiger partial charge >= 0.3 is 0 Å². The second-order valence-corrected chi connectivity index (χ2v) is 4.03. The monoisotopic (exact) mass is 295 g/mol. The number of nitrogens with two attached hydrogens (primary N) is 1. The summed E-state index contributed by atoms with van der Waals surface area (Å²) in [7, 11) is 0. The predicted molar refractivity (Wildman–Crippen MR) is 76.7 cm³/mol. The van der Waals surface area contributed by atoms with Crippen LogP contribution in [0.1, 0.15) is 0 Å². The second kappa shape index (κ2) is 8.48. The number of benzene rings is 1. The van der Waals surface area contributed by atoms with E-state index in [0.717, 1.165) is 0 Å². The molecule has 0 unspecified atom stereocenters. The number of para-hydroxylation sites is 2. The van der Waals surface area contributed by atoms with Gasteiger partial charge in [-0.3, -0.25) is 19.7 Å². The summed E-state index contributed by atoms with van der Waals surface area (Å²) < 4.78 is 0. The summed E-state index contributed by atoms with van der Waals surface area (Å²) in [6, 6.07) is 6.23. The topological polar surface area (TPSA) is 139 Å². The first-order valence-electron chi connectivity index (χ1n) is 6.25. The third-order valence-corrected chi connectivity index (χ3v) is 2.49. The summed E-state index contributed by atoms with van der Waals surface area (Å²) in [4.78, 5) is 32.5. The summed E-state index contributed by atoms with van der Waals surface area (Å²) >= 11 is 0. The number of nitro benzene ring substituents is 1. The molecule has 0 aromatic heterocycles. The van der Waals surface area contributed by atoms with Crippen LogP contribution in [0.25, 0.3) is 0 Å². The number of nitrogens with one attached hydrogen (secondary N) is 3. The normalized spacial score (nSPS) is 9.76.